The van der Waals surface area contributed by atoms with Crippen molar-refractivity contribution in [1.29, 1.82) is 0 Å². The highest BCUT2D eigenvalue weighted by atomic mass is 79.9. The summed E-state index contributed by atoms with van der Waals surface area (Å²) in [6.07, 6.45) is 3.76. The molecule has 0 saturated heterocycles. The first kappa shape index (κ1) is 11.2. The minimum Gasteiger partial charge on any atom is -0.366 e. The first-order valence-corrected chi connectivity index (χ1v) is 5.43. The normalized spacial score (nSPS) is 9.86. The van der Waals surface area contributed by atoms with E-state index in [4.69, 9.17) is 0 Å². The first-order chi connectivity index (χ1) is 6.76. The van der Waals surface area contributed by atoms with E-state index in [1.165, 1.54) is 0 Å². The number of hydrogen-bond acceptors (Lipinski definition) is 3. The molecule has 0 bridgehead atoms. The zero-order valence-electron chi connectivity index (χ0n) is 8.26. The van der Waals surface area contributed by atoms with Gasteiger partial charge in [0.1, 0.15) is 16.2 Å². The van der Waals surface area contributed by atoms with E-state index in [0.717, 1.165) is 35.6 Å². The molecule has 1 rings (SSSR count). The largest absolute Gasteiger partial charge is 0.366 e. The lowest BCUT2D eigenvalue weighted by molar-refractivity contribution is 0.830. The Labute approximate surface area is 92.8 Å². The Morgan fingerprint density at radius 1 is 1.57 bits per heavy atom. The fourth-order valence-corrected chi connectivity index (χ4v) is 1.49. The highest BCUT2D eigenvalue weighted by Crippen LogP contribution is 2.12. The van der Waals surface area contributed by atoms with Gasteiger partial charge in [0.05, 0.1) is 0 Å². The monoisotopic (exact) mass is 255 g/mol. The summed E-state index contributed by atoms with van der Waals surface area (Å²) in [4.78, 5) is 8.63. The van der Waals surface area contributed by atoms with Gasteiger partial charge in [-0.05, 0) is 22.4 Å². The molecule has 3 nitrogen and oxygen atoms in total. The molecule has 0 unspecified atom stereocenters. The summed E-state index contributed by atoms with van der Waals surface area (Å²) in [7, 11) is 0. The number of nitrogens with zero attached hydrogens (tertiary/aromatic N) is 2. The molecule has 0 amide bonds. The highest BCUT2D eigenvalue weighted by Gasteiger charge is 2.00. The highest BCUT2D eigenvalue weighted by molar-refractivity contribution is 9.10. The molecule has 0 aromatic carbocycles. The van der Waals surface area contributed by atoms with Crippen LogP contribution in [0.5, 0.6) is 0 Å². The van der Waals surface area contributed by atoms with Gasteiger partial charge in [-0.3, -0.25) is 0 Å². The van der Waals surface area contributed by atoms with Crippen LogP contribution in [0.25, 0.3) is 0 Å². The molecule has 1 aromatic heterocycles. The molecule has 0 aliphatic carbocycles. The Bertz CT molecular complexity index is 312. The summed E-state index contributed by atoms with van der Waals surface area (Å²) in [5.74, 6) is 1.71. The third-order valence-electron chi connectivity index (χ3n) is 1.64. The molecule has 4 heteroatoms. The number of anilines is 1. The molecular weight excluding hydrogens is 242 g/mol. The van der Waals surface area contributed by atoms with Crippen LogP contribution in [0.1, 0.15) is 19.2 Å². The zero-order chi connectivity index (χ0) is 10.4. The Kier molecular flexibility index (Phi) is 4.59. The van der Waals surface area contributed by atoms with Crippen LogP contribution in [-0.4, -0.2) is 16.5 Å². The van der Waals surface area contributed by atoms with Crippen LogP contribution in [0.4, 0.5) is 5.82 Å². The summed E-state index contributed by atoms with van der Waals surface area (Å²) < 4.78 is 0.822. The topological polar surface area (TPSA) is 37.8 Å². The lowest BCUT2D eigenvalue weighted by Gasteiger charge is -2.05. The van der Waals surface area contributed by atoms with Gasteiger partial charge in [0.2, 0.25) is 0 Å². The van der Waals surface area contributed by atoms with Crippen LogP contribution in [0, 0.1) is 0 Å². The van der Waals surface area contributed by atoms with E-state index >= 15 is 0 Å². The van der Waals surface area contributed by atoms with Gasteiger partial charge in [0, 0.05) is 19.0 Å². The average molecular weight is 256 g/mol. The molecule has 1 heterocycles. The van der Waals surface area contributed by atoms with Crippen molar-refractivity contribution in [1.82, 2.24) is 9.97 Å². The fourth-order valence-electron chi connectivity index (χ4n) is 1.07. The van der Waals surface area contributed by atoms with E-state index in [9.17, 15) is 0 Å². The molecule has 0 saturated carbocycles. The number of halogens is 1. The molecule has 76 valence electrons. The smallest absolute Gasteiger partial charge is 0.132 e. The molecule has 0 aliphatic heterocycles. The van der Waals surface area contributed by atoms with Crippen LogP contribution in [0.3, 0.4) is 0 Å². The van der Waals surface area contributed by atoms with Crippen molar-refractivity contribution in [3.05, 3.63) is 29.1 Å². The molecule has 14 heavy (non-hydrogen) atoms. The molecular formula is C10H14BrN3. The quantitative estimate of drug-likeness (QED) is 0.650. The second-order valence-corrected chi connectivity index (χ2v) is 3.72. The lowest BCUT2D eigenvalue weighted by atomic mass is 10.3. The van der Waals surface area contributed by atoms with Crippen molar-refractivity contribution in [2.24, 2.45) is 0 Å². The molecule has 0 atom stereocenters. The summed E-state index contributed by atoms with van der Waals surface area (Å²) in [6, 6.07) is 1.86. The van der Waals surface area contributed by atoms with E-state index in [1.807, 2.05) is 6.07 Å². The third-order valence-corrected chi connectivity index (χ3v) is 2.05. The van der Waals surface area contributed by atoms with Gasteiger partial charge >= 0.3 is 0 Å². The van der Waals surface area contributed by atoms with Gasteiger partial charge in [-0.2, -0.15) is 0 Å². The zero-order valence-corrected chi connectivity index (χ0v) is 9.84. The van der Waals surface area contributed by atoms with E-state index in [2.05, 4.69) is 44.7 Å². The maximum Gasteiger partial charge on any atom is 0.132 e. The standard InChI is InChI=1S/C10H14BrN3/c1-3-5-9-13-8(11)7-10(14-9)12-6-4-2/h4,7H,2-3,5-6H2,1H3,(H,12,13,14). The minimum absolute atomic E-state index is 0.717. The van der Waals surface area contributed by atoms with Crippen LogP contribution in [-0.2, 0) is 6.42 Å². The Balaban J connectivity index is 2.77. The van der Waals surface area contributed by atoms with E-state index in [0.29, 0.717) is 0 Å². The lowest BCUT2D eigenvalue weighted by Crippen LogP contribution is -2.04. The van der Waals surface area contributed by atoms with Crippen molar-refractivity contribution < 1.29 is 0 Å². The third kappa shape index (κ3) is 3.46. The van der Waals surface area contributed by atoms with Gasteiger partial charge in [-0.1, -0.05) is 13.0 Å². The number of hydrogen-bond donors (Lipinski definition) is 1. The second kappa shape index (κ2) is 5.75. The number of aryl methyl sites for hydroxylation is 1. The summed E-state index contributed by atoms with van der Waals surface area (Å²) >= 11 is 3.36. The number of rotatable bonds is 5. The molecule has 0 spiro atoms. The van der Waals surface area contributed by atoms with Crippen LogP contribution in [0.2, 0.25) is 0 Å². The van der Waals surface area contributed by atoms with E-state index in [-0.39, 0.29) is 0 Å². The maximum atomic E-state index is 4.36. The first-order valence-electron chi connectivity index (χ1n) is 4.64. The van der Waals surface area contributed by atoms with E-state index in [1.54, 1.807) is 6.08 Å². The maximum absolute atomic E-state index is 4.36. The van der Waals surface area contributed by atoms with Crippen LogP contribution < -0.4 is 5.32 Å². The second-order valence-electron chi connectivity index (χ2n) is 2.91. The average Bonchev–Trinajstić information content (AvgIpc) is 2.14. The predicted molar refractivity (Wildman–Crippen MR) is 62.4 cm³/mol. The molecule has 1 aromatic rings. The SMILES string of the molecule is C=CCNc1cc(Br)nc(CCC)n1. The van der Waals surface area contributed by atoms with Crippen LogP contribution in [0.15, 0.2) is 23.3 Å². The van der Waals surface area contributed by atoms with Crippen LogP contribution >= 0.6 is 15.9 Å². The van der Waals surface area contributed by atoms with Crippen molar-refractivity contribution in [3.63, 3.8) is 0 Å². The summed E-state index contributed by atoms with van der Waals surface area (Å²) in [5, 5.41) is 3.13. The molecule has 0 fully saturated rings. The van der Waals surface area contributed by atoms with Gasteiger partial charge in [0.15, 0.2) is 0 Å². The van der Waals surface area contributed by atoms with Crippen molar-refractivity contribution in [2.45, 2.75) is 19.8 Å². The summed E-state index contributed by atoms with van der Waals surface area (Å²) in [5.41, 5.74) is 0. The predicted octanol–water partition coefficient (Wildman–Crippen LogP) is 2.79. The molecule has 0 aliphatic rings. The Morgan fingerprint density at radius 3 is 3.00 bits per heavy atom. The van der Waals surface area contributed by atoms with Gasteiger partial charge < -0.3 is 5.32 Å². The van der Waals surface area contributed by atoms with Gasteiger partial charge in [0.25, 0.3) is 0 Å². The Hall–Kier alpha value is -0.900. The van der Waals surface area contributed by atoms with Crippen molar-refractivity contribution in [3.8, 4) is 0 Å². The van der Waals surface area contributed by atoms with Crippen molar-refractivity contribution in [2.75, 3.05) is 11.9 Å². The van der Waals surface area contributed by atoms with Crippen molar-refractivity contribution >= 4 is 21.7 Å². The Morgan fingerprint density at radius 2 is 2.36 bits per heavy atom. The molecule has 0 radical (unpaired) electrons. The van der Waals surface area contributed by atoms with Gasteiger partial charge in [-0.25, -0.2) is 9.97 Å². The molecule has 1 N–H and O–H groups in total. The summed E-state index contributed by atoms with van der Waals surface area (Å²) in [6.45, 7) is 6.47. The fraction of sp³-hybridized carbons (Fsp3) is 0.400. The minimum atomic E-state index is 0.717. The van der Waals surface area contributed by atoms with Gasteiger partial charge in [-0.15, -0.1) is 6.58 Å². The number of aromatic nitrogens is 2. The number of nitrogens with one attached hydrogen (secondary N) is 1. The van der Waals surface area contributed by atoms with E-state index < -0.39 is 0 Å².